The Morgan fingerprint density at radius 3 is 2.40 bits per heavy atom. The molecule has 1 nitrogen and oxygen atoms in total. The summed E-state index contributed by atoms with van der Waals surface area (Å²) in [6.07, 6.45) is -2.89. The molecule has 0 aliphatic carbocycles. The van der Waals surface area contributed by atoms with Gasteiger partial charge in [0.2, 0.25) is 0 Å². The van der Waals surface area contributed by atoms with Crippen LogP contribution in [0.3, 0.4) is 0 Å². The summed E-state index contributed by atoms with van der Waals surface area (Å²) in [5, 5.41) is 5.06. The van der Waals surface area contributed by atoms with Crippen LogP contribution in [0.4, 0.5) is 17.6 Å². The summed E-state index contributed by atoms with van der Waals surface area (Å²) in [6, 6.07) is 2.45. The molecular formula is C9H7ClF4O. The molecule has 15 heavy (non-hydrogen) atoms. The number of rotatable bonds is 3. The number of hydrogen-bond acceptors (Lipinski definition) is 1. The largest absolute Gasteiger partial charge is 0.385 e. The van der Waals surface area contributed by atoms with E-state index in [4.69, 9.17) is 5.11 Å². The van der Waals surface area contributed by atoms with E-state index in [1.807, 2.05) is 0 Å². The number of aliphatic hydroxyl groups excluding tert-OH is 1. The summed E-state index contributed by atoms with van der Waals surface area (Å²) in [4.78, 5) is 0. The van der Waals surface area contributed by atoms with Crippen LogP contribution in [-0.2, 0) is 6.42 Å². The van der Waals surface area contributed by atoms with E-state index in [1.54, 1.807) is 0 Å². The maximum absolute atomic E-state index is 13.0. The monoisotopic (exact) mass is 242 g/mol. The molecule has 84 valence electrons. The first-order valence-electron chi connectivity index (χ1n) is 3.99. The van der Waals surface area contributed by atoms with Gasteiger partial charge in [-0.15, -0.1) is 0 Å². The average molecular weight is 243 g/mol. The first-order chi connectivity index (χ1) is 6.80. The predicted molar refractivity (Wildman–Crippen MR) is 46.9 cm³/mol. The lowest BCUT2D eigenvalue weighted by molar-refractivity contribution is -0.0401. The van der Waals surface area contributed by atoms with Gasteiger partial charge in [-0.2, -0.15) is 8.78 Å². The number of alkyl halides is 3. The van der Waals surface area contributed by atoms with Crippen molar-refractivity contribution in [3.63, 3.8) is 0 Å². The molecule has 0 heterocycles. The van der Waals surface area contributed by atoms with Gasteiger partial charge in [-0.05, 0) is 23.2 Å². The van der Waals surface area contributed by atoms with Crippen LogP contribution in [-0.4, -0.2) is 16.6 Å². The van der Waals surface area contributed by atoms with E-state index < -0.39 is 29.5 Å². The molecular weight excluding hydrogens is 236 g/mol. The van der Waals surface area contributed by atoms with E-state index in [0.717, 1.165) is 12.1 Å². The lowest BCUT2D eigenvalue weighted by Gasteiger charge is -2.15. The van der Waals surface area contributed by atoms with E-state index in [2.05, 4.69) is 11.6 Å². The highest BCUT2D eigenvalue weighted by Gasteiger charge is 2.35. The van der Waals surface area contributed by atoms with Crippen molar-refractivity contribution < 1.29 is 22.7 Å². The third kappa shape index (κ3) is 3.35. The van der Waals surface area contributed by atoms with Gasteiger partial charge in [-0.25, -0.2) is 8.78 Å². The van der Waals surface area contributed by atoms with Crippen molar-refractivity contribution in [3.05, 3.63) is 35.4 Å². The van der Waals surface area contributed by atoms with Gasteiger partial charge in [0.05, 0.1) is 0 Å². The Balaban J connectivity index is 2.82. The summed E-state index contributed by atoms with van der Waals surface area (Å²) in [7, 11) is 0. The van der Waals surface area contributed by atoms with E-state index in [0.29, 0.717) is 6.07 Å². The minimum absolute atomic E-state index is 0.218. The van der Waals surface area contributed by atoms with Crippen LogP contribution in [0.15, 0.2) is 18.2 Å². The van der Waals surface area contributed by atoms with Crippen LogP contribution < -0.4 is 0 Å². The molecule has 0 amide bonds. The topological polar surface area (TPSA) is 20.2 Å². The molecule has 1 atom stereocenters. The molecule has 1 rings (SSSR count). The molecule has 1 N–H and O–H groups in total. The lowest BCUT2D eigenvalue weighted by atomic mass is 10.1. The molecule has 1 aromatic rings. The zero-order valence-corrected chi connectivity index (χ0v) is 8.11. The number of hydrogen-bond donors (Lipinski definition) is 1. The lowest BCUT2D eigenvalue weighted by Crippen LogP contribution is -2.29. The minimum Gasteiger partial charge on any atom is -0.385 e. The average Bonchev–Trinajstić information content (AvgIpc) is 2.08. The van der Waals surface area contributed by atoms with Gasteiger partial charge in [0, 0.05) is 12.5 Å². The van der Waals surface area contributed by atoms with Crippen molar-refractivity contribution in [1.82, 2.24) is 0 Å². The van der Waals surface area contributed by atoms with E-state index >= 15 is 0 Å². The molecule has 0 aromatic heterocycles. The van der Waals surface area contributed by atoms with Crippen molar-refractivity contribution in [2.75, 3.05) is 0 Å². The Morgan fingerprint density at radius 1 is 1.33 bits per heavy atom. The Labute approximate surface area is 88.3 Å². The summed E-state index contributed by atoms with van der Waals surface area (Å²) in [6.45, 7) is 0. The fourth-order valence-electron chi connectivity index (χ4n) is 1.01. The Hall–Kier alpha value is -0.810. The van der Waals surface area contributed by atoms with E-state index in [9.17, 15) is 17.6 Å². The maximum Gasteiger partial charge on any atom is 0.347 e. The van der Waals surface area contributed by atoms with Crippen LogP contribution >= 0.6 is 11.6 Å². The molecule has 0 radical (unpaired) electrons. The van der Waals surface area contributed by atoms with E-state index in [1.165, 1.54) is 0 Å². The smallest absolute Gasteiger partial charge is 0.347 e. The Bertz CT molecular complexity index is 350. The molecule has 0 spiro atoms. The highest BCUT2D eigenvalue weighted by atomic mass is 35.5. The first kappa shape index (κ1) is 12.3. The van der Waals surface area contributed by atoms with Crippen LogP contribution in [0.5, 0.6) is 0 Å². The second-order valence-corrected chi connectivity index (χ2v) is 3.50. The highest BCUT2D eigenvalue weighted by molar-refractivity contribution is 6.22. The quantitative estimate of drug-likeness (QED) is 0.638. The maximum atomic E-state index is 13.0. The number of benzene rings is 1. The van der Waals surface area contributed by atoms with Crippen LogP contribution in [0.2, 0.25) is 0 Å². The third-order valence-corrected chi connectivity index (χ3v) is 2.06. The van der Waals surface area contributed by atoms with Crippen LogP contribution in [0.25, 0.3) is 0 Å². The zero-order valence-electron chi connectivity index (χ0n) is 7.35. The zero-order chi connectivity index (χ0) is 11.6. The normalized spacial score (nSPS) is 14.0. The van der Waals surface area contributed by atoms with Gasteiger partial charge in [0.25, 0.3) is 0 Å². The van der Waals surface area contributed by atoms with Gasteiger partial charge < -0.3 is 5.11 Å². The van der Waals surface area contributed by atoms with Crippen molar-refractivity contribution in [3.8, 4) is 0 Å². The molecule has 1 unspecified atom stereocenters. The highest BCUT2D eigenvalue weighted by Crippen LogP contribution is 2.26. The van der Waals surface area contributed by atoms with Crippen molar-refractivity contribution in [2.45, 2.75) is 17.9 Å². The van der Waals surface area contributed by atoms with Crippen molar-refractivity contribution in [2.24, 2.45) is 0 Å². The summed E-state index contributed by atoms with van der Waals surface area (Å²) in [5.74, 6) is -1.81. The van der Waals surface area contributed by atoms with Crippen molar-refractivity contribution >= 4 is 11.6 Å². The molecule has 0 saturated carbocycles. The van der Waals surface area contributed by atoms with Gasteiger partial charge in [-0.3, -0.25) is 0 Å². The van der Waals surface area contributed by atoms with Gasteiger partial charge in [-0.1, -0.05) is 6.07 Å². The van der Waals surface area contributed by atoms with Gasteiger partial charge in [0.15, 0.2) is 0 Å². The Kier molecular flexibility index (Phi) is 3.57. The molecule has 0 aliphatic heterocycles. The summed E-state index contributed by atoms with van der Waals surface area (Å²) >= 11 is 4.54. The fourth-order valence-corrected chi connectivity index (χ4v) is 1.09. The molecule has 0 aliphatic rings. The minimum atomic E-state index is -3.83. The molecule has 1 aromatic carbocycles. The second kappa shape index (κ2) is 4.37. The fraction of sp³-hybridized carbons (Fsp3) is 0.333. The second-order valence-electron chi connectivity index (χ2n) is 3.00. The standard InChI is InChI=1S/C9H7ClF4O/c10-9(13,14)8(15)3-5-1-2-6(11)4-7(5)12/h1-2,4,8,15H,3H2. The Morgan fingerprint density at radius 2 is 1.93 bits per heavy atom. The van der Waals surface area contributed by atoms with Gasteiger partial charge in [0.1, 0.15) is 17.7 Å². The molecule has 0 fully saturated rings. The molecule has 0 saturated heterocycles. The van der Waals surface area contributed by atoms with Crippen molar-refractivity contribution in [1.29, 1.82) is 0 Å². The molecule has 6 heteroatoms. The molecule has 0 bridgehead atoms. The first-order valence-corrected chi connectivity index (χ1v) is 4.37. The number of aliphatic hydroxyl groups is 1. The van der Waals surface area contributed by atoms with Gasteiger partial charge >= 0.3 is 5.38 Å². The van der Waals surface area contributed by atoms with Crippen LogP contribution in [0, 0.1) is 11.6 Å². The third-order valence-electron chi connectivity index (χ3n) is 1.81. The van der Waals surface area contributed by atoms with Crippen LogP contribution in [0.1, 0.15) is 5.56 Å². The number of halogens is 5. The SMILES string of the molecule is OC(Cc1ccc(F)cc1F)C(F)(F)Cl. The predicted octanol–water partition coefficient (Wildman–Crippen LogP) is 2.70. The summed E-state index contributed by atoms with van der Waals surface area (Å²) < 4.78 is 50.1. The summed E-state index contributed by atoms with van der Waals surface area (Å²) in [5.41, 5.74) is -0.218. The van der Waals surface area contributed by atoms with E-state index in [-0.39, 0.29) is 5.56 Å².